The van der Waals surface area contributed by atoms with Crippen molar-refractivity contribution in [2.45, 2.75) is 68.3 Å². The van der Waals surface area contributed by atoms with Crippen LogP contribution in [0.4, 0.5) is 0 Å². The summed E-state index contributed by atoms with van der Waals surface area (Å²) >= 11 is 11.4. The van der Waals surface area contributed by atoms with Gasteiger partial charge in [0.05, 0.1) is 21.1 Å². The lowest BCUT2D eigenvalue weighted by atomic mass is 10.1. The summed E-state index contributed by atoms with van der Waals surface area (Å²) in [4.78, 5) is 10.9. The quantitative estimate of drug-likeness (QED) is 0.235. The highest BCUT2D eigenvalue weighted by atomic mass is 35.5. The van der Waals surface area contributed by atoms with E-state index < -0.39 is 0 Å². The number of alkyl halides is 2. The molecule has 0 aromatic heterocycles. The van der Waals surface area contributed by atoms with Crippen LogP contribution in [-0.4, -0.2) is 27.1 Å². The Bertz CT molecular complexity index is 201. The Morgan fingerprint density at radius 2 is 1.50 bits per heavy atom. The van der Waals surface area contributed by atoms with Gasteiger partial charge in [0.1, 0.15) is 0 Å². The van der Waals surface area contributed by atoms with Crippen molar-refractivity contribution in [3.8, 4) is 0 Å². The van der Waals surface area contributed by atoms with E-state index in [0.29, 0.717) is 6.42 Å². The first-order valence-electron chi connectivity index (χ1n) is 7.01. The summed E-state index contributed by atoms with van der Waals surface area (Å²) in [5.74, 6) is -0.0870. The summed E-state index contributed by atoms with van der Waals surface area (Å²) in [6, 6.07) is 1.27. The highest BCUT2D eigenvalue weighted by molar-refractivity contribution is 6.68. The number of carbonyl (C=O) groups is 1. The van der Waals surface area contributed by atoms with E-state index in [1.807, 2.05) is 0 Å². The fraction of sp³-hybridized carbons (Fsp3) is 0.923. The smallest absolute Gasteiger partial charge is 0.305 e. The average Bonchev–Trinajstić information content (AvgIpc) is 2.35. The van der Waals surface area contributed by atoms with Crippen LogP contribution in [0.5, 0.6) is 0 Å². The molecule has 0 saturated carbocycles. The minimum absolute atomic E-state index is 0.0557. The lowest BCUT2D eigenvalue weighted by Gasteiger charge is -2.02. The first-order chi connectivity index (χ1) is 8.66. The molecular weight excluding hydrogens is 287 g/mol. The molecule has 0 amide bonds. The molecule has 0 spiro atoms. The molecular formula is C13H26Cl2O2Si. The number of rotatable bonds is 12. The molecule has 0 atom stereocenters. The maximum atomic E-state index is 10.9. The van der Waals surface area contributed by atoms with E-state index in [2.05, 4.69) is 4.74 Å². The van der Waals surface area contributed by atoms with Gasteiger partial charge in [0, 0.05) is 6.42 Å². The summed E-state index contributed by atoms with van der Waals surface area (Å²) in [7, 11) is 1.22. The van der Waals surface area contributed by atoms with Gasteiger partial charge >= 0.3 is 5.97 Å². The van der Waals surface area contributed by atoms with Crippen molar-refractivity contribution < 1.29 is 9.53 Å². The molecule has 0 fully saturated rings. The van der Waals surface area contributed by atoms with Crippen LogP contribution >= 0.6 is 23.2 Å². The zero-order valence-corrected chi connectivity index (χ0v) is 14.4. The van der Waals surface area contributed by atoms with Gasteiger partial charge in [-0.25, -0.2) is 0 Å². The summed E-state index contributed by atoms with van der Waals surface area (Å²) < 4.78 is 4.54. The molecule has 0 N–H and O–H groups in total. The minimum atomic E-state index is -0.228. The fourth-order valence-corrected chi connectivity index (χ4v) is 3.78. The predicted octanol–water partition coefficient (Wildman–Crippen LogP) is 4.02. The number of carbonyl (C=O) groups excluding carboxylic acids is 1. The van der Waals surface area contributed by atoms with Crippen LogP contribution in [-0.2, 0) is 9.53 Å². The summed E-state index contributed by atoms with van der Waals surface area (Å²) in [6.07, 6.45) is 10.4. The van der Waals surface area contributed by atoms with Crippen LogP contribution in [0, 0.1) is 0 Å². The van der Waals surface area contributed by atoms with Crippen molar-refractivity contribution in [1.29, 1.82) is 0 Å². The van der Waals surface area contributed by atoms with Crippen LogP contribution in [0.1, 0.15) is 57.8 Å². The number of unbranched alkanes of at least 4 members (excludes halogenated alkanes) is 7. The molecule has 0 unspecified atom stereocenters. The molecule has 2 nitrogen and oxygen atoms in total. The topological polar surface area (TPSA) is 26.3 Å². The number of hydrogen-bond acceptors (Lipinski definition) is 2. The van der Waals surface area contributed by atoms with E-state index in [1.165, 1.54) is 51.7 Å². The molecule has 0 aliphatic carbocycles. The zero-order chi connectivity index (χ0) is 13.6. The third-order valence-electron chi connectivity index (χ3n) is 3.03. The number of halogens is 2. The van der Waals surface area contributed by atoms with Crippen molar-refractivity contribution in [3.05, 3.63) is 0 Å². The molecule has 0 aliphatic heterocycles. The third kappa shape index (κ3) is 14.3. The molecule has 0 rings (SSSR count). The van der Waals surface area contributed by atoms with Gasteiger partial charge in [-0.15, -0.1) is 23.2 Å². The first-order valence-corrected chi connectivity index (χ1v) is 9.70. The van der Waals surface area contributed by atoms with Crippen molar-refractivity contribution in [2.24, 2.45) is 0 Å². The second kappa shape index (κ2) is 13.7. The van der Waals surface area contributed by atoms with Gasteiger partial charge < -0.3 is 4.74 Å². The molecule has 0 aromatic carbocycles. The minimum Gasteiger partial charge on any atom is -0.469 e. The third-order valence-corrected chi connectivity index (χ3v) is 5.68. The van der Waals surface area contributed by atoms with E-state index in [1.54, 1.807) is 0 Å². The second-order valence-electron chi connectivity index (χ2n) is 4.69. The molecule has 5 heteroatoms. The molecule has 108 valence electrons. The Hall–Kier alpha value is 0.267. The highest BCUT2D eigenvalue weighted by Crippen LogP contribution is 2.12. The molecule has 0 bridgehead atoms. The van der Waals surface area contributed by atoms with Crippen LogP contribution in [0.25, 0.3) is 0 Å². The Balaban J connectivity index is 3.01. The van der Waals surface area contributed by atoms with E-state index in [9.17, 15) is 4.79 Å². The van der Waals surface area contributed by atoms with Crippen molar-refractivity contribution in [2.75, 3.05) is 7.11 Å². The van der Waals surface area contributed by atoms with E-state index in [4.69, 9.17) is 23.2 Å². The maximum Gasteiger partial charge on any atom is 0.305 e. The Kier molecular flexibility index (Phi) is 13.9. The van der Waals surface area contributed by atoms with Crippen LogP contribution < -0.4 is 0 Å². The average molecular weight is 313 g/mol. The van der Waals surface area contributed by atoms with Gasteiger partial charge in [-0.3, -0.25) is 4.79 Å². The molecule has 0 aromatic rings. The van der Waals surface area contributed by atoms with Crippen molar-refractivity contribution >= 4 is 38.7 Å². The summed E-state index contributed by atoms with van der Waals surface area (Å²) in [5.41, 5.74) is 0. The molecule has 0 saturated heterocycles. The molecule has 0 heterocycles. The summed E-state index contributed by atoms with van der Waals surface area (Å²) in [6.45, 7) is 0. The maximum absolute atomic E-state index is 10.9. The first kappa shape index (κ1) is 18.3. The standard InChI is InChI=1S/C13H26Cl2O2Si/c1-17-12(16)10-8-6-4-2-3-5-7-9-11-18-13(14)15/h13H,2-11,18H2,1H3. The number of hydrogen-bond donors (Lipinski definition) is 0. The van der Waals surface area contributed by atoms with Crippen LogP contribution in [0.15, 0.2) is 0 Å². The van der Waals surface area contributed by atoms with Crippen molar-refractivity contribution in [3.63, 3.8) is 0 Å². The highest BCUT2D eigenvalue weighted by Gasteiger charge is 2.00. The predicted molar refractivity (Wildman–Crippen MR) is 82.4 cm³/mol. The molecule has 0 radical (unpaired) electrons. The Morgan fingerprint density at radius 3 is 2.00 bits per heavy atom. The van der Waals surface area contributed by atoms with Gasteiger partial charge in [0.25, 0.3) is 0 Å². The van der Waals surface area contributed by atoms with Gasteiger partial charge in [-0.05, 0) is 6.42 Å². The van der Waals surface area contributed by atoms with E-state index >= 15 is 0 Å². The van der Waals surface area contributed by atoms with E-state index in [0.717, 1.165) is 12.8 Å². The number of methoxy groups -OCH3 is 1. The summed E-state index contributed by atoms with van der Waals surface area (Å²) in [5, 5.41) is 0. The number of esters is 1. The van der Waals surface area contributed by atoms with Gasteiger partial charge in [0.15, 0.2) is 0 Å². The molecule has 0 aliphatic rings. The van der Waals surface area contributed by atoms with E-state index in [-0.39, 0.29) is 19.9 Å². The van der Waals surface area contributed by atoms with Crippen molar-refractivity contribution in [1.82, 2.24) is 0 Å². The second-order valence-corrected chi connectivity index (χ2v) is 9.10. The number of ether oxygens (including phenoxy) is 1. The normalized spacial score (nSPS) is 11.6. The lowest BCUT2D eigenvalue weighted by Crippen LogP contribution is -2.00. The van der Waals surface area contributed by atoms with Crippen LogP contribution in [0.3, 0.4) is 0 Å². The lowest BCUT2D eigenvalue weighted by molar-refractivity contribution is -0.140. The van der Waals surface area contributed by atoms with Gasteiger partial charge in [-0.2, -0.15) is 0 Å². The fourth-order valence-electron chi connectivity index (χ4n) is 1.91. The largest absolute Gasteiger partial charge is 0.469 e. The SMILES string of the molecule is COC(=O)CCCCCCCCCC[SiH2]C(Cl)Cl. The van der Waals surface area contributed by atoms with Gasteiger partial charge in [-0.1, -0.05) is 51.0 Å². The molecule has 18 heavy (non-hydrogen) atoms. The van der Waals surface area contributed by atoms with Crippen LogP contribution in [0.2, 0.25) is 6.04 Å². The Morgan fingerprint density at radius 1 is 1.00 bits per heavy atom. The van der Waals surface area contributed by atoms with Gasteiger partial charge in [0.2, 0.25) is 0 Å². The monoisotopic (exact) mass is 312 g/mol. The Labute approximate surface area is 124 Å². The zero-order valence-electron chi connectivity index (χ0n) is 11.4.